The van der Waals surface area contributed by atoms with Gasteiger partial charge in [0.1, 0.15) is 6.54 Å². The van der Waals surface area contributed by atoms with Gasteiger partial charge in [0.25, 0.3) is 0 Å². The van der Waals surface area contributed by atoms with Crippen molar-refractivity contribution in [3.05, 3.63) is 87.9 Å². The van der Waals surface area contributed by atoms with Gasteiger partial charge in [0, 0.05) is 0 Å². The Kier molecular flexibility index (Phi) is 5.34. The van der Waals surface area contributed by atoms with Crippen LogP contribution in [0.15, 0.2) is 60.8 Å². The van der Waals surface area contributed by atoms with Crippen LogP contribution in [0.2, 0.25) is 0 Å². The summed E-state index contributed by atoms with van der Waals surface area (Å²) in [7, 11) is 0. The van der Waals surface area contributed by atoms with Crippen molar-refractivity contribution in [2.24, 2.45) is 0 Å². The van der Waals surface area contributed by atoms with Gasteiger partial charge >= 0.3 is 12.0 Å². The smallest absolute Gasteiger partial charge is 0.358 e. The Hall–Kier alpha value is -4.22. The van der Waals surface area contributed by atoms with Crippen LogP contribution in [-0.2, 0) is 17.5 Å². The number of H-pyrrole nitrogens is 1. The maximum atomic E-state index is 13.0. The van der Waals surface area contributed by atoms with Gasteiger partial charge in [0.05, 0.1) is 34.4 Å². The van der Waals surface area contributed by atoms with E-state index < -0.39 is 28.9 Å². The number of hydrogen-bond donors (Lipinski definition) is 2. The summed E-state index contributed by atoms with van der Waals surface area (Å²) in [6, 6.07) is 13.9. The molecule has 1 amide bonds. The third-order valence-corrected chi connectivity index (χ3v) is 4.67. The molecule has 0 aliphatic carbocycles. The van der Waals surface area contributed by atoms with Gasteiger partial charge in [-0.05, 0) is 28.2 Å². The summed E-state index contributed by atoms with van der Waals surface area (Å²) in [5, 5.41) is 17.3. The number of alkyl halides is 3. The summed E-state index contributed by atoms with van der Waals surface area (Å²) < 4.78 is 40.1. The predicted octanol–water partition coefficient (Wildman–Crippen LogP) is 3.59. The van der Waals surface area contributed by atoms with Crippen LogP contribution in [0.25, 0.3) is 11.0 Å². The number of aromatic nitrogens is 4. The number of nitrogens with one attached hydrogen (secondary N) is 2. The van der Waals surface area contributed by atoms with E-state index in [1.807, 2.05) is 0 Å². The standard InChI is InChI=1S/C20H15F3N6O3/c21-20(22,23)19-24-14-7-6-13(10-15(14)25-19)18(12-4-2-1-3-5-12)26-17(30)11-28-9-8-16(27-28)29(31)32/h1-10,18H,11H2,(H,24,25)(H,26,30). The van der Waals surface area contributed by atoms with Gasteiger partial charge < -0.3 is 20.4 Å². The number of aromatic amines is 1. The molecule has 164 valence electrons. The van der Waals surface area contributed by atoms with E-state index >= 15 is 0 Å². The van der Waals surface area contributed by atoms with Gasteiger partial charge in [-0.2, -0.15) is 17.9 Å². The van der Waals surface area contributed by atoms with Gasteiger partial charge in [-0.3, -0.25) is 4.79 Å². The molecule has 2 aromatic carbocycles. The van der Waals surface area contributed by atoms with E-state index in [-0.39, 0.29) is 23.4 Å². The van der Waals surface area contributed by atoms with E-state index in [1.165, 1.54) is 24.4 Å². The molecule has 1 atom stereocenters. The number of halogens is 3. The molecule has 4 rings (SSSR count). The lowest BCUT2D eigenvalue weighted by Crippen LogP contribution is -2.32. The number of amides is 1. The minimum atomic E-state index is -4.61. The van der Waals surface area contributed by atoms with Crippen LogP contribution in [0.1, 0.15) is 23.0 Å². The number of hydrogen-bond acceptors (Lipinski definition) is 5. The van der Waals surface area contributed by atoms with Crippen LogP contribution in [0, 0.1) is 10.1 Å². The highest BCUT2D eigenvalue weighted by Gasteiger charge is 2.34. The average molecular weight is 444 g/mol. The van der Waals surface area contributed by atoms with E-state index in [0.717, 1.165) is 4.68 Å². The third kappa shape index (κ3) is 4.43. The number of nitrogens with zero attached hydrogens (tertiary/aromatic N) is 4. The van der Waals surface area contributed by atoms with E-state index in [9.17, 15) is 28.1 Å². The molecule has 0 aliphatic rings. The quantitative estimate of drug-likeness (QED) is 0.348. The second-order valence-electron chi connectivity index (χ2n) is 6.90. The molecule has 9 nitrogen and oxygen atoms in total. The van der Waals surface area contributed by atoms with Crippen molar-refractivity contribution < 1.29 is 22.9 Å². The first-order chi connectivity index (χ1) is 15.2. The molecule has 0 saturated heterocycles. The first-order valence-electron chi connectivity index (χ1n) is 9.30. The molecule has 12 heteroatoms. The molecular weight excluding hydrogens is 429 g/mol. The predicted molar refractivity (Wildman–Crippen MR) is 106 cm³/mol. The summed E-state index contributed by atoms with van der Waals surface area (Å²) in [5.41, 5.74) is 1.54. The topological polar surface area (TPSA) is 119 Å². The molecule has 0 aliphatic heterocycles. The number of fused-ring (bicyclic) bond motifs is 1. The normalized spacial score (nSPS) is 12.6. The molecule has 32 heavy (non-hydrogen) atoms. The third-order valence-electron chi connectivity index (χ3n) is 4.67. The first-order valence-corrected chi connectivity index (χ1v) is 9.30. The minimum absolute atomic E-state index is 0.142. The molecule has 2 aromatic heterocycles. The lowest BCUT2D eigenvalue weighted by atomic mass is 9.98. The lowest BCUT2D eigenvalue weighted by molar-refractivity contribution is -0.389. The minimum Gasteiger partial charge on any atom is -0.358 e. The van der Waals surface area contributed by atoms with Crippen molar-refractivity contribution in [1.82, 2.24) is 25.1 Å². The lowest BCUT2D eigenvalue weighted by Gasteiger charge is -2.19. The molecular formula is C20H15F3N6O3. The zero-order valence-electron chi connectivity index (χ0n) is 16.2. The van der Waals surface area contributed by atoms with E-state index in [4.69, 9.17) is 0 Å². The van der Waals surface area contributed by atoms with Crippen LogP contribution >= 0.6 is 0 Å². The number of imidazole rings is 1. The van der Waals surface area contributed by atoms with Crippen molar-refractivity contribution in [3.8, 4) is 0 Å². The van der Waals surface area contributed by atoms with Gasteiger partial charge in [-0.15, -0.1) is 0 Å². The second-order valence-corrected chi connectivity index (χ2v) is 6.90. The average Bonchev–Trinajstić information content (AvgIpc) is 3.39. The first kappa shape index (κ1) is 21.0. The highest BCUT2D eigenvalue weighted by molar-refractivity contribution is 5.79. The van der Waals surface area contributed by atoms with Crippen molar-refractivity contribution in [2.75, 3.05) is 0 Å². The van der Waals surface area contributed by atoms with Crippen LogP contribution in [0.4, 0.5) is 19.0 Å². The Balaban J connectivity index is 1.63. The molecule has 0 radical (unpaired) electrons. The Bertz CT molecular complexity index is 1280. The molecule has 4 aromatic rings. The van der Waals surface area contributed by atoms with Crippen LogP contribution in [-0.4, -0.2) is 30.6 Å². The van der Waals surface area contributed by atoms with Gasteiger partial charge in [-0.1, -0.05) is 36.4 Å². The van der Waals surface area contributed by atoms with Crippen molar-refractivity contribution in [2.45, 2.75) is 18.8 Å². The number of rotatable bonds is 6. The molecule has 1 unspecified atom stereocenters. The van der Waals surface area contributed by atoms with Crippen molar-refractivity contribution >= 4 is 22.8 Å². The summed E-state index contributed by atoms with van der Waals surface area (Å²) in [6.45, 7) is -0.276. The molecule has 0 saturated carbocycles. The van der Waals surface area contributed by atoms with Crippen molar-refractivity contribution in [1.29, 1.82) is 0 Å². The zero-order valence-corrected chi connectivity index (χ0v) is 16.2. The van der Waals surface area contributed by atoms with Gasteiger partial charge in [-0.25, -0.2) is 4.98 Å². The van der Waals surface area contributed by atoms with E-state index in [2.05, 4.69) is 20.4 Å². The molecule has 0 spiro atoms. The maximum absolute atomic E-state index is 13.0. The zero-order chi connectivity index (χ0) is 22.9. The fraction of sp³-hybridized carbons (Fsp3) is 0.150. The Morgan fingerprint density at radius 3 is 2.56 bits per heavy atom. The fourth-order valence-corrected chi connectivity index (χ4v) is 3.24. The molecule has 2 heterocycles. The van der Waals surface area contributed by atoms with Gasteiger partial charge in [0.15, 0.2) is 0 Å². The number of carbonyl (C=O) groups excluding carboxylic acids is 1. The Morgan fingerprint density at radius 2 is 1.91 bits per heavy atom. The van der Waals surface area contributed by atoms with Gasteiger partial charge in [0.2, 0.25) is 11.7 Å². The largest absolute Gasteiger partial charge is 0.449 e. The summed E-state index contributed by atoms with van der Waals surface area (Å²) >= 11 is 0. The summed E-state index contributed by atoms with van der Waals surface area (Å²) in [6.07, 6.45) is -3.30. The van der Waals surface area contributed by atoms with Crippen LogP contribution < -0.4 is 5.32 Å². The van der Waals surface area contributed by atoms with E-state index in [0.29, 0.717) is 11.1 Å². The van der Waals surface area contributed by atoms with Crippen molar-refractivity contribution in [3.63, 3.8) is 0 Å². The highest BCUT2D eigenvalue weighted by Crippen LogP contribution is 2.30. The van der Waals surface area contributed by atoms with Crippen LogP contribution in [0.3, 0.4) is 0 Å². The number of nitro groups is 1. The fourth-order valence-electron chi connectivity index (χ4n) is 3.24. The Labute approximate surface area is 178 Å². The number of benzene rings is 2. The number of carbonyl (C=O) groups is 1. The van der Waals surface area contributed by atoms with Crippen LogP contribution in [0.5, 0.6) is 0 Å². The molecule has 0 fully saturated rings. The molecule has 0 bridgehead atoms. The van der Waals surface area contributed by atoms with E-state index in [1.54, 1.807) is 36.4 Å². The highest BCUT2D eigenvalue weighted by atomic mass is 19.4. The summed E-state index contributed by atoms with van der Waals surface area (Å²) in [4.78, 5) is 28.6. The monoisotopic (exact) mass is 444 g/mol. The molecule has 2 N–H and O–H groups in total. The maximum Gasteiger partial charge on any atom is 0.449 e. The summed E-state index contributed by atoms with van der Waals surface area (Å²) in [5.74, 6) is -1.98. The second kappa shape index (κ2) is 8.13. The Morgan fingerprint density at radius 1 is 1.16 bits per heavy atom. The SMILES string of the molecule is O=C(Cn1ccc([N+](=O)[O-])n1)NC(c1ccccc1)c1ccc2nc(C(F)(F)F)[nH]c2c1.